The van der Waals surface area contributed by atoms with Crippen molar-refractivity contribution in [1.29, 1.82) is 0 Å². The van der Waals surface area contributed by atoms with Crippen molar-refractivity contribution < 1.29 is 35.6 Å². The van der Waals surface area contributed by atoms with Crippen molar-refractivity contribution in [1.82, 2.24) is 19.6 Å². The number of benzene rings is 4. The van der Waals surface area contributed by atoms with Crippen molar-refractivity contribution in [2.45, 2.75) is 28.7 Å². The van der Waals surface area contributed by atoms with Crippen molar-refractivity contribution in [3.05, 3.63) is 132 Å². The van der Waals surface area contributed by atoms with Gasteiger partial charge in [-0.05, 0) is 47.5 Å². The highest BCUT2D eigenvalue weighted by molar-refractivity contribution is 7.89. The number of amides is 2. The molecular weight excluding hydrogens is 799 g/mol. The molecule has 3 heterocycles. The molecule has 0 atom stereocenters. The Morgan fingerprint density at radius 2 is 1.28 bits per heavy atom. The second-order valence-corrected chi connectivity index (χ2v) is 16.4. The normalized spacial score (nSPS) is 12.9. The summed E-state index contributed by atoms with van der Waals surface area (Å²) in [5.41, 5.74) is 3.45. The van der Waals surface area contributed by atoms with E-state index in [9.17, 15) is 30.8 Å². The minimum atomic E-state index is -4.04. The zero-order valence-electron chi connectivity index (χ0n) is 30.2. The number of rotatable bonds is 11. The maximum absolute atomic E-state index is 13.7. The lowest BCUT2D eigenvalue weighted by Gasteiger charge is -2.25. The van der Waals surface area contributed by atoms with Gasteiger partial charge in [-0.3, -0.25) is 19.0 Å². The summed E-state index contributed by atoms with van der Waals surface area (Å²) in [7, 11) is -6.38. The lowest BCUT2D eigenvalue weighted by atomic mass is 10.1. The minimum Gasteiger partial charge on any atom is -0.377 e. The molecule has 0 aliphatic carbocycles. The third kappa shape index (κ3) is 10.4. The molecule has 6 N–H and O–H groups in total. The highest BCUT2D eigenvalue weighted by Gasteiger charge is 2.24. The third-order valence-corrected chi connectivity index (χ3v) is 11.0. The van der Waals surface area contributed by atoms with Crippen LogP contribution in [0.2, 0.25) is 5.02 Å². The van der Waals surface area contributed by atoms with Gasteiger partial charge in [-0.2, -0.15) is 10.2 Å². The molecule has 0 unspecified atom stereocenters. The van der Waals surface area contributed by atoms with Gasteiger partial charge in [-0.1, -0.05) is 60.1 Å². The molecule has 4 aromatic carbocycles. The molecule has 296 valence electrons. The molecule has 0 bridgehead atoms. The summed E-state index contributed by atoms with van der Waals surface area (Å²) < 4.78 is 70.5. The van der Waals surface area contributed by atoms with Gasteiger partial charge in [0.25, 0.3) is 0 Å². The third-order valence-electron chi connectivity index (χ3n) is 8.68. The number of nitrogens with one attached hydrogen (secondary N) is 2. The van der Waals surface area contributed by atoms with E-state index in [-0.39, 0.29) is 45.8 Å². The number of ether oxygens (including phenoxy) is 1. The fraction of sp³-hybridized carbons (Fsp3) is 0.158. The summed E-state index contributed by atoms with van der Waals surface area (Å²) in [4.78, 5) is 24.3. The summed E-state index contributed by atoms with van der Waals surface area (Å²) in [6, 6.07) is 22.0. The Kier molecular flexibility index (Phi) is 12.3. The Morgan fingerprint density at radius 1 is 0.772 bits per heavy atom. The van der Waals surface area contributed by atoms with Crippen LogP contribution in [-0.4, -0.2) is 61.4 Å². The molecule has 1 aliphatic rings. The van der Waals surface area contributed by atoms with Crippen LogP contribution in [-0.2, 0) is 54.3 Å². The molecule has 6 aromatic rings. The lowest BCUT2D eigenvalue weighted by molar-refractivity contribution is -0.116. The SMILES string of the molecule is Cn1cc(-c2ccc(NC(=O)Cc3ccccc3F)cc2S(N)(=O)=O)cn1.NS(=O)(=O)c1cc(NC(=O)Cc2ccccc2Cl)ccc1-c1cnn(C2COC2)c1. The van der Waals surface area contributed by atoms with Crippen LogP contribution in [0.5, 0.6) is 0 Å². The first-order valence-corrected chi connectivity index (χ1v) is 20.5. The molecule has 1 fully saturated rings. The number of nitrogens with zero attached hydrogens (tertiary/aromatic N) is 4. The van der Waals surface area contributed by atoms with E-state index in [0.717, 1.165) is 0 Å². The highest BCUT2D eigenvalue weighted by atomic mass is 35.5. The van der Waals surface area contributed by atoms with Crippen molar-refractivity contribution in [2.24, 2.45) is 17.3 Å². The van der Waals surface area contributed by atoms with Crippen LogP contribution in [0.25, 0.3) is 22.3 Å². The molecular formula is C38H36ClFN8O7S2. The maximum atomic E-state index is 13.7. The van der Waals surface area contributed by atoms with Crippen molar-refractivity contribution >= 4 is 54.8 Å². The van der Waals surface area contributed by atoms with Crippen LogP contribution < -0.4 is 20.9 Å². The van der Waals surface area contributed by atoms with E-state index >= 15 is 0 Å². The van der Waals surface area contributed by atoms with Crippen LogP contribution in [0.3, 0.4) is 0 Å². The maximum Gasteiger partial charge on any atom is 0.238 e. The fourth-order valence-corrected chi connectivity index (χ4v) is 7.57. The van der Waals surface area contributed by atoms with Gasteiger partial charge < -0.3 is 15.4 Å². The Hall–Kier alpha value is -5.76. The molecule has 57 heavy (non-hydrogen) atoms. The Balaban J connectivity index is 0.000000194. The number of hydrogen-bond donors (Lipinski definition) is 4. The predicted molar refractivity (Wildman–Crippen MR) is 211 cm³/mol. The van der Waals surface area contributed by atoms with Crippen molar-refractivity contribution in [3.63, 3.8) is 0 Å². The summed E-state index contributed by atoms with van der Waals surface area (Å²) in [6.07, 6.45) is 6.38. The summed E-state index contributed by atoms with van der Waals surface area (Å²) in [5.74, 6) is -1.28. The van der Waals surface area contributed by atoms with E-state index in [2.05, 4.69) is 20.8 Å². The molecule has 1 aliphatic heterocycles. The molecule has 0 radical (unpaired) electrons. The van der Waals surface area contributed by atoms with Crippen molar-refractivity contribution in [3.8, 4) is 22.3 Å². The zero-order valence-corrected chi connectivity index (χ0v) is 32.6. The number of primary sulfonamides is 2. The van der Waals surface area contributed by atoms with Gasteiger partial charge in [0.05, 0.1) is 54.3 Å². The molecule has 1 saturated heterocycles. The molecule has 0 saturated carbocycles. The van der Waals surface area contributed by atoms with E-state index in [1.807, 2.05) is 0 Å². The smallest absolute Gasteiger partial charge is 0.238 e. The molecule has 2 aromatic heterocycles. The average molecular weight is 835 g/mol. The average Bonchev–Trinajstić information content (AvgIpc) is 3.78. The summed E-state index contributed by atoms with van der Waals surface area (Å²) in [5, 5.41) is 24.8. The topological polar surface area (TPSA) is 223 Å². The van der Waals surface area contributed by atoms with Gasteiger partial charge in [0.1, 0.15) is 5.82 Å². The number of aryl methyl sites for hydroxylation is 1. The quantitative estimate of drug-likeness (QED) is 0.142. The van der Waals surface area contributed by atoms with Gasteiger partial charge in [0, 0.05) is 58.1 Å². The van der Waals surface area contributed by atoms with E-state index in [1.165, 1.54) is 47.3 Å². The van der Waals surface area contributed by atoms with Gasteiger partial charge in [0.15, 0.2) is 0 Å². The fourth-order valence-electron chi connectivity index (χ4n) is 5.80. The van der Waals surface area contributed by atoms with Crippen LogP contribution in [0, 0.1) is 5.82 Å². The Labute approximate surface area is 332 Å². The lowest BCUT2D eigenvalue weighted by Crippen LogP contribution is -2.30. The van der Waals surface area contributed by atoms with Crippen LogP contribution in [0.15, 0.2) is 120 Å². The number of carbonyl (C=O) groups excluding carboxylic acids is 2. The molecule has 7 rings (SSSR count). The molecule has 2 amide bonds. The summed E-state index contributed by atoms with van der Waals surface area (Å²) >= 11 is 6.09. The van der Waals surface area contributed by atoms with E-state index in [0.29, 0.717) is 51.7 Å². The Bertz CT molecular complexity index is 2680. The monoisotopic (exact) mass is 834 g/mol. The number of carbonyl (C=O) groups is 2. The first kappa shape index (κ1) is 40.9. The second kappa shape index (κ2) is 17.2. The Morgan fingerprint density at radius 3 is 1.77 bits per heavy atom. The molecule has 15 nitrogen and oxygen atoms in total. The van der Waals surface area contributed by atoms with Gasteiger partial charge in [-0.15, -0.1) is 0 Å². The molecule has 0 spiro atoms. The molecule has 19 heteroatoms. The highest BCUT2D eigenvalue weighted by Crippen LogP contribution is 2.31. The zero-order chi connectivity index (χ0) is 40.9. The van der Waals surface area contributed by atoms with Crippen LogP contribution in [0.4, 0.5) is 15.8 Å². The number of nitrogens with two attached hydrogens (primary N) is 2. The number of sulfonamides is 2. The van der Waals surface area contributed by atoms with E-state index in [1.54, 1.807) is 78.9 Å². The first-order valence-electron chi connectivity index (χ1n) is 17.1. The van der Waals surface area contributed by atoms with E-state index < -0.39 is 31.8 Å². The van der Waals surface area contributed by atoms with Gasteiger partial charge in [0.2, 0.25) is 31.9 Å². The minimum absolute atomic E-state index is 0.0579. The van der Waals surface area contributed by atoms with Gasteiger partial charge >= 0.3 is 0 Å². The number of anilines is 2. The largest absolute Gasteiger partial charge is 0.377 e. The standard InChI is InChI=1S/C20H19ClN4O4S.C18H17FN4O3S/c21-18-4-2-1-3-13(18)7-20(26)24-15-5-6-17(19(8-15)30(22,27)28)14-9-23-25(10-14)16-11-29-12-16;1-23-11-13(10-21-23)15-7-6-14(9-17(15)27(20,25)26)22-18(24)8-12-4-2-3-5-16(12)19/h1-6,8-10,16H,7,11-12H2,(H,24,26)(H2,22,27,28);2-7,9-11H,8H2,1H3,(H,22,24)(H2,20,25,26). The van der Waals surface area contributed by atoms with E-state index in [4.69, 9.17) is 26.6 Å². The van der Waals surface area contributed by atoms with Crippen LogP contribution >= 0.6 is 11.6 Å². The number of hydrogen-bond acceptors (Lipinski definition) is 9. The second-order valence-electron chi connectivity index (χ2n) is 12.9. The van der Waals surface area contributed by atoms with Gasteiger partial charge in [-0.25, -0.2) is 31.5 Å². The van der Waals surface area contributed by atoms with Crippen LogP contribution in [0.1, 0.15) is 17.2 Å². The summed E-state index contributed by atoms with van der Waals surface area (Å²) in [6.45, 7) is 1.14. The van der Waals surface area contributed by atoms with Crippen molar-refractivity contribution in [2.75, 3.05) is 23.8 Å². The number of aromatic nitrogens is 4. The number of halogens is 2. The predicted octanol–water partition coefficient (Wildman–Crippen LogP) is 4.66. The first-order chi connectivity index (χ1) is 27.0.